The number of anilines is 2. The molecule has 0 radical (unpaired) electrons. The fraction of sp³-hybridized carbons (Fsp3) is 0.400. The average Bonchev–Trinajstić information content (AvgIpc) is 2.48. The van der Waals surface area contributed by atoms with E-state index in [-0.39, 0.29) is 11.6 Å². The summed E-state index contributed by atoms with van der Waals surface area (Å²) in [5, 5.41) is 0. The van der Waals surface area contributed by atoms with Crippen LogP contribution in [-0.2, 0) is 0 Å². The van der Waals surface area contributed by atoms with E-state index >= 15 is 0 Å². The number of nitrogens with zero attached hydrogens (tertiary/aromatic N) is 1. The van der Waals surface area contributed by atoms with Gasteiger partial charge in [0.1, 0.15) is 0 Å². The van der Waals surface area contributed by atoms with Crippen molar-refractivity contribution in [1.29, 1.82) is 0 Å². The molecule has 0 bridgehead atoms. The molecule has 0 aromatic heterocycles. The Morgan fingerprint density at radius 1 is 0.909 bits per heavy atom. The number of nitrogens with two attached hydrogens (primary N) is 1. The van der Waals surface area contributed by atoms with E-state index in [0.717, 1.165) is 19.3 Å². The summed E-state index contributed by atoms with van der Waals surface area (Å²) in [7, 11) is 0. The van der Waals surface area contributed by atoms with E-state index in [4.69, 9.17) is 5.73 Å². The Kier molecular flexibility index (Phi) is 5.62. The van der Waals surface area contributed by atoms with Gasteiger partial charge in [-0.25, -0.2) is 0 Å². The van der Waals surface area contributed by atoms with Crippen molar-refractivity contribution in [3.05, 3.63) is 60.7 Å². The highest BCUT2D eigenvalue weighted by Gasteiger charge is 2.27. The van der Waals surface area contributed by atoms with E-state index in [1.807, 2.05) is 0 Å². The molecular weight excluding hydrogens is 268 g/mol. The third-order valence-corrected chi connectivity index (χ3v) is 4.08. The van der Waals surface area contributed by atoms with Crippen LogP contribution in [0.1, 0.15) is 40.0 Å². The highest BCUT2D eigenvalue weighted by atomic mass is 15.2. The van der Waals surface area contributed by atoms with Gasteiger partial charge in [-0.3, -0.25) is 0 Å². The zero-order valence-electron chi connectivity index (χ0n) is 14.0. The maximum absolute atomic E-state index is 5.91. The lowest BCUT2D eigenvalue weighted by atomic mass is 9.92. The molecule has 2 aromatic carbocycles. The molecule has 118 valence electrons. The zero-order chi connectivity index (χ0) is 16.0. The highest BCUT2D eigenvalue weighted by molar-refractivity contribution is 5.65. The summed E-state index contributed by atoms with van der Waals surface area (Å²) in [6.45, 7) is 6.71. The number of hydrogen-bond donors (Lipinski definition) is 1. The Bertz CT molecular complexity index is 507. The molecule has 2 heteroatoms. The third-order valence-electron chi connectivity index (χ3n) is 4.08. The molecule has 0 fully saturated rings. The van der Waals surface area contributed by atoms with Crippen molar-refractivity contribution in [2.75, 3.05) is 4.90 Å². The summed E-state index contributed by atoms with van der Waals surface area (Å²) in [5.74, 6) is 0. The first-order valence-electron chi connectivity index (χ1n) is 8.16. The molecule has 0 heterocycles. The van der Waals surface area contributed by atoms with Crippen LogP contribution in [0.3, 0.4) is 0 Å². The van der Waals surface area contributed by atoms with Gasteiger partial charge in [0.15, 0.2) is 0 Å². The maximum Gasteiger partial charge on any atom is 0.0416 e. The Labute approximate surface area is 135 Å². The zero-order valence-corrected chi connectivity index (χ0v) is 14.0. The molecule has 22 heavy (non-hydrogen) atoms. The molecule has 1 unspecified atom stereocenters. The lowest BCUT2D eigenvalue weighted by Gasteiger charge is -2.41. The van der Waals surface area contributed by atoms with Crippen molar-refractivity contribution in [3.63, 3.8) is 0 Å². The van der Waals surface area contributed by atoms with Gasteiger partial charge in [0.2, 0.25) is 0 Å². The highest BCUT2D eigenvalue weighted by Crippen LogP contribution is 2.35. The molecule has 0 aliphatic carbocycles. The minimum Gasteiger partial charge on any atom is -0.336 e. The molecule has 2 N–H and O–H groups in total. The molecule has 1 atom stereocenters. The predicted molar refractivity (Wildman–Crippen MR) is 96.6 cm³/mol. The van der Waals surface area contributed by atoms with Gasteiger partial charge in [-0.2, -0.15) is 0 Å². The summed E-state index contributed by atoms with van der Waals surface area (Å²) >= 11 is 0. The van der Waals surface area contributed by atoms with Gasteiger partial charge >= 0.3 is 0 Å². The molecule has 0 saturated heterocycles. The van der Waals surface area contributed by atoms with Crippen LogP contribution in [0, 0.1) is 0 Å². The van der Waals surface area contributed by atoms with Crippen LogP contribution < -0.4 is 10.6 Å². The molecule has 0 saturated carbocycles. The molecule has 0 aliphatic heterocycles. The van der Waals surface area contributed by atoms with Gasteiger partial charge in [0, 0.05) is 23.0 Å². The van der Waals surface area contributed by atoms with Crippen LogP contribution in [0.2, 0.25) is 0 Å². The van der Waals surface area contributed by atoms with Gasteiger partial charge in [0.25, 0.3) is 0 Å². The van der Waals surface area contributed by atoms with Gasteiger partial charge < -0.3 is 10.6 Å². The maximum atomic E-state index is 5.91. The monoisotopic (exact) mass is 296 g/mol. The quantitative estimate of drug-likeness (QED) is 0.768. The Hall–Kier alpha value is -1.80. The molecular formula is C20H28N2. The third kappa shape index (κ3) is 4.35. The topological polar surface area (TPSA) is 29.3 Å². The molecule has 2 rings (SSSR count). The molecule has 0 spiro atoms. The summed E-state index contributed by atoms with van der Waals surface area (Å²) in [6, 6.07) is 21.5. The van der Waals surface area contributed by atoms with Crippen LogP contribution in [0.25, 0.3) is 0 Å². The van der Waals surface area contributed by atoms with Crippen molar-refractivity contribution in [3.8, 4) is 0 Å². The van der Waals surface area contributed by atoms with Crippen molar-refractivity contribution >= 4 is 11.4 Å². The van der Waals surface area contributed by atoms with Gasteiger partial charge in [0.05, 0.1) is 0 Å². The van der Waals surface area contributed by atoms with E-state index in [0.29, 0.717) is 0 Å². The average molecular weight is 296 g/mol. The largest absolute Gasteiger partial charge is 0.336 e. The number of rotatable bonds is 7. The first kappa shape index (κ1) is 16.6. The van der Waals surface area contributed by atoms with Crippen LogP contribution in [-0.4, -0.2) is 11.6 Å². The lowest BCUT2D eigenvalue weighted by molar-refractivity contribution is 0.431. The summed E-state index contributed by atoms with van der Waals surface area (Å²) in [4.78, 5) is 2.44. The molecule has 0 aliphatic rings. The lowest BCUT2D eigenvalue weighted by Crippen LogP contribution is -2.40. The Balaban J connectivity index is 2.28. The summed E-state index contributed by atoms with van der Waals surface area (Å²) in [6.07, 6.45) is 3.32. The van der Waals surface area contributed by atoms with Crippen LogP contribution in [0.5, 0.6) is 0 Å². The van der Waals surface area contributed by atoms with Crippen molar-refractivity contribution < 1.29 is 0 Å². The first-order valence-corrected chi connectivity index (χ1v) is 8.16. The molecule has 2 nitrogen and oxygen atoms in total. The summed E-state index contributed by atoms with van der Waals surface area (Å²) in [5.41, 5.74) is 8.42. The second kappa shape index (κ2) is 7.46. The van der Waals surface area contributed by atoms with Gasteiger partial charge in [-0.05, 0) is 64.3 Å². The van der Waals surface area contributed by atoms with E-state index in [2.05, 4.69) is 86.3 Å². The second-order valence-corrected chi connectivity index (χ2v) is 6.69. The van der Waals surface area contributed by atoms with Crippen LogP contribution in [0.4, 0.5) is 11.4 Å². The Morgan fingerprint density at radius 2 is 1.36 bits per heavy atom. The SMILES string of the molecule is CC(N)CCCC(C)(C)N(c1ccccc1)c1ccccc1. The smallest absolute Gasteiger partial charge is 0.0416 e. The minimum absolute atomic E-state index is 0.0393. The van der Waals surface area contributed by atoms with Gasteiger partial charge in [-0.1, -0.05) is 36.4 Å². The number of para-hydroxylation sites is 2. The first-order chi connectivity index (χ1) is 10.5. The van der Waals surface area contributed by atoms with Crippen LogP contribution in [0.15, 0.2) is 60.7 Å². The second-order valence-electron chi connectivity index (χ2n) is 6.69. The van der Waals surface area contributed by atoms with Crippen molar-refractivity contribution in [2.24, 2.45) is 5.73 Å². The van der Waals surface area contributed by atoms with E-state index < -0.39 is 0 Å². The molecule has 0 amide bonds. The van der Waals surface area contributed by atoms with Crippen LogP contribution >= 0.6 is 0 Å². The van der Waals surface area contributed by atoms with E-state index in [1.165, 1.54) is 11.4 Å². The van der Waals surface area contributed by atoms with Crippen molar-refractivity contribution in [2.45, 2.75) is 51.6 Å². The predicted octanol–water partition coefficient (Wildman–Crippen LogP) is 5.12. The van der Waals surface area contributed by atoms with E-state index in [9.17, 15) is 0 Å². The normalized spacial score (nSPS) is 12.9. The number of benzene rings is 2. The fourth-order valence-corrected chi connectivity index (χ4v) is 2.97. The van der Waals surface area contributed by atoms with Gasteiger partial charge in [-0.15, -0.1) is 0 Å². The fourth-order valence-electron chi connectivity index (χ4n) is 2.97. The van der Waals surface area contributed by atoms with E-state index in [1.54, 1.807) is 0 Å². The summed E-state index contributed by atoms with van der Waals surface area (Å²) < 4.78 is 0. The standard InChI is InChI=1S/C20H28N2/c1-17(21)11-10-16-20(2,3)22(18-12-6-4-7-13-18)19-14-8-5-9-15-19/h4-9,12-15,17H,10-11,16,21H2,1-3H3. The minimum atomic E-state index is 0.0393. The molecule has 2 aromatic rings. The Morgan fingerprint density at radius 3 is 1.77 bits per heavy atom. The van der Waals surface area contributed by atoms with Crippen molar-refractivity contribution in [1.82, 2.24) is 0 Å². The number of hydrogen-bond acceptors (Lipinski definition) is 2.